The minimum Gasteiger partial charge on any atom is -0.399 e. The number of nitrogen functional groups attached to an aromatic ring is 2. The van der Waals surface area contributed by atoms with E-state index in [0.29, 0.717) is 30.0 Å². The number of anilines is 2. The summed E-state index contributed by atoms with van der Waals surface area (Å²) in [5.74, 6) is -0.113. The fourth-order valence-electron chi connectivity index (χ4n) is 2.16. The topological polar surface area (TPSA) is 85.2 Å². The predicted octanol–water partition coefficient (Wildman–Crippen LogP) is 2.22. The van der Waals surface area contributed by atoms with Gasteiger partial charge in [0, 0.05) is 23.6 Å². The minimum absolute atomic E-state index is 0.113. The Bertz CT molecular complexity index is 654. The van der Waals surface area contributed by atoms with Gasteiger partial charge in [-0.05, 0) is 44.2 Å². The maximum atomic E-state index is 12.6. The molecule has 110 valence electrons. The molecule has 21 heavy (non-hydrogen) atoms. The normalized spacial score (nSPS) is 10.4. The van der Waals surface area contributed by atoms with Gasteiger partial charge in [-0.1, -0.05) is 6.07 Å². The van der Waals surface area contributed by atoms with Crippen molar-refractivity contribution in [1.29, 1.82) is 0 Å². The molecule has 2 rings (SSSR count). The Balaban J connectivity index is 2.22. The molecular weight excluding hydrogens is 264 g/mol. The number of aromatic nitrogens is 1. The van der Waals surface area contributed by atoms with Crippen LogP contribution < -0.4 is 11.5 Å². The molecule has 0 fully saturated rings. The second-order valence-corrected chi connectivity index (χ2v) is 4.94. The molecule has 1 aromatic heterocycles. The predicted molar refractivity (Wildman–Crippen MR) is 84.7 cm³/mol. The van der Waals surface area contributed by atoms with Crippen molar-refractivity contribution < 1.29 is 4.79 Å². The molecule has 0 aliphatic carbocycles. The molecule has 5 heteroatoms. The molecule has 0 aliphatic rings. The van der Waals surface area contributed by atoms with Gasteiger partial charge in [0.15, 0.2) is 0 Å². The first-order valence-electron chi connectivity index (χ1n) is 6.88. The van der Waals surface area contributed by atoms with E-state index >= 15 is 0 Å². The number of benzene rings is 1. The lowest BCUT2D eigenvalue weighted by Crippen LogP contribution is -2.31. The van der Waals surface area contributed by atoms with Crippen molar-refractivity contribution in [2.75, 3.05) is 18.0 Å². The molecule has 1 heterocycles. The Morgan fingerprint density at radius 2 is 2.00 bits per heavy atom. The maximum Gasteiger partial charge on any atom is 0.256 e. The number of hydrogen-bond acceptors (Lipinski definition) is 4. The summed E-state index contributed by atoms with van der Waals surface area (Å²) < 4.78 is 0. The van der Waals surface area contributed by atoms with Gasteiger partial charge >= 0.3 is 0 Å². The average Bonchev–Trinajstić information content (AvgIpc) is 2.44. The fraction of sp³-hybridized carbons (Fsp3) is 0.250. The number of amides is 1. The van der Waals surface area contributed by atoms with Crippen molar-refractivity contribution in [3.63, 3.8) is 0 Å². The molecule has 5 nitrogen and oxygen atoms in total. The van der Waals surface area contributed by atoms with Crippen molar-refractivity contribution in [3.05, 3.63) is 53.3 Å². The summed E-state index contributed by atoms with van der Waals surface area (Å²) in [5, 5.41) is 0. The van der Waals surface area contributed by atoms with E-state index in [2.05, 4.69) is 4.98 Å². The molecule has 0 aliphatic heterocycles. The third-order valence-corrected chi connectivity index (χ3v) is 3.27. The van der Waals surface area contributed by atoms with E-state index in [1.165, 1.54) is 0 Å². The number of rotatable bonds is 4. The number of aryl methyl sites for hydroxylation is 1. The van der Waals surface area contributed by atoms with Crippen LogP contribution in [0.4, 0.5) is 11.4 Å². The lowest BCUT2D eigenvalue weighted by molar-refractivity contribution is 0.0751. The van der Waals surface area contributed by atoms with Crippen LogP contribution in [0, 0.1) is 6.92 Å². The highest BCUT2D eigenvalue weighted by atomic mass is 16.2. The summed E-state index contributed by atoms with van der Waals surface area (Å²) in [6.07, 6.45) is 0. The zero-order valence-electron chi connectivity index (χ0n) is 12.3. The zero-order chi connectivity index (χ0) is 15.4. The van der Waals surface area contributed by atoms with Crippen LogP contribution in [0.15, 0.2) is 36.4 Å². The quantitative estimate of drug-likeness (QED) is 0.843. The molecule has 0 unspecified atom stereocenters. The van der Waals surface area contributed by atoms with E-state index in [9.17, 15) is 4.79 Å². The van der Waals surface area contributed by atoms with Gasteiger partial charge in [-0.25, -0.2) is 0 Å². The molecule has 0 radical (unpaired) electrons. The molecule has 0 bridgehead atoms. The van der Waals surface area contributed by atoms with E-state index in [4.69, 9.17) is 11.5 Å². The van der Waals surface area contributed by atoms with Crippen LogP contribution in [0.3, 0.4) is 0 Å². The van der Waals surface area contributed by atoms with Crippen LogP contribution >= 0.6 is 0 Å². The number of nitrogens with two attached hydrogens (primary N) is 2. The summed E-state index contributed by atoms with van der Waals surface area (Å²) in [6, 6.07) is 10.7. The largest absolute Gasteiger partial charge is 0.399 e. The van der Waals surface area contributed by atoms with E-state index in [1.54, 1.807) is 23.1 Å². The van der Waals surface area contributed by atoms with Gasteiger partial charge in [0.1, 0.15) is 0 Å². The zero-order valence-corrected chi connectivity index (χ0v) is 12.3. The number of nitrogens with zero attached hydrogens (tertiary/aromatic N) is 2. The summed E-state index contributed by atoms with van der Waals surface area (Å²) in [6.45, 7) is 4.90. The highest BCUT2D eigenvalue weighted by Gasteiger charge is 2.17. The Labute approximate surface area is 124 Å². The first-order chi connectivity index (χ1) is 10.0. The van der Waals surface area contributed by atoms with Crippen molar-refractivity contribution in [3.8, 4) is 0 Å². The van der Waals surface area contributed by atoms with Crippen molar-refractivity contribution >= 4 is 17.3 Å². The monoisotopic (exact) mass is 284 g/mol. The van der Waals surface area contributed by atoms with E-state index in [-0.39, 0.29) is 5.91 Å². The maximum absolute atomic E-state index is 12.6. The molecule has 0 atom stereocenters. The first-order valence-corrected chi connectivity index (χ1v) is 6.88. The smallest absolute Gasteiger partial charge is 0.256 e. The average molecular weight is 284 g/mol. The number of carbonyl (C=O) groups excluding carboxylic acids is 1. The van der Waals surface area contributed by atoms with Crippen molar-refractivity contribution in [2.24, 2.45) is 0 Å². The SMILES string of the molecule is CCN(Cc1cccc(C)n1)C(=O)c1ccc(N)cc1N. The Kier molecular flexibility index (Phi) is 4.42. The second kappa shape index (κ2) is 6.26. The van der Waals surface area contributed by atoms with E-state index in [1.807, 2.05) is 32.0 Å². The molecule has 1 aromatic carbocycles. The van der Waals surface area contributed by atoms with Gasteiger partial charge < -0.3 is 16.4 Å². The number of carbonyl (C=O) groups is 1. The molecule has 0 saturated heterocycles. The lowest BCUT2D eigenvalue weighted by atomic mass is 10.1. The van der Waals surface area contributed by atoms with Gasteiger partial charge in [-0.15, -0.1) is 0 Å². The van der Waals surface area contributed by atoms with Crippen LogP contribution in [-0.4, -0.2) is 22.3 Å². The minimum atomic E-state index is -0.113. The summed E-state index contributed by atoms with van der Waals surface area (Å²) in [7, 11) is 0. The summed E-state index contributed by atoms with van der Waals surface area (Å²) in [5.41, 5.74) is 14.8. The van der Waals surface area contributed by atoms with Gasteiger partial charge in [-0.3, -0.25) is 9.78 Å². The van der Waals surface area contributed by atoms with Crippen LogP contribution in [0.5, 0.6) is 0 Å². The third kappa shape index (κ3) is 3.51. The fourth-order valence-corrected chi connectivity index (χ4v) is 2.16. The standard InChI is InChI=1S/C16H20N4O/c1-3-20(10-13-6-4-5-11(2)19-13)16(21)14-8-7-12(17)9-15(14)18/h4-9H,3,10,17-18H2,1-2H3. The molecule has 1 amide bonds. The summed E-state index contributed by atoms with van der Waals surface area (Å²) >= 11 is 0. The van der Waals surface area contributed by atoms with Crippen LogP contribution in [0.25, 0.3) is 0 Å². The van der Waals surface area contributed by atoms with Crippen LogP contribution in [0.2, 0.25) is 0 Å². The van der Waals surface area contributed by atoms with Gasteiger partial charge in [0.2, 0.25) is 0 Å². The molecule has 0 spiro atoms. The molecule has 4 N–H and O–H groups in total. The second-order valence-electron chi connectivity index (χ2n) is 4.94. The van der Waals surface area contributed by atoms with Gasteiger partial charge in [0.05, 0.1) is 17.8 Å². The number of hydrogen-bond donors (Lipinski definition) is 2. The Morgan fingerprint density at radius 1 is 1.24 bits per heavy atom. The Morgan fingerprint density at radius 3 is 2.62 bits per heavy atom. The molecule has 0 saturated carbocycles. The summed E-state index contributed by atoms with van der Waals surface area (Å²) in [4.78, 5) is 18.7. The van der Waals surface area contributed by atoms with Gasteiger partial charge in [-0.2, -0.15) is 0 Å². The van der Waals surface area contributed by atoms with Crippen molar-refractivity contribution in [1.82, 2.24) is 9.88 Å². The lowest BCUT2D eigenvalue weighted by Gasteiger charge is -2.21. The molecule has 2 aromatic rings. The van der Waals surface area contributed by atoms with Crippen LogP contribution in [-0.2, 0) is 6.54 Å². The third-order valence-electron chi connectivity index (χ3n) is 3.27. The first kappa shape index (κ1) is 14.8. The molecular formula is C16H20N4O. The van der Waals surface area contributed by atoms with E-state index in [0.717, 1.165) is 11.4 Å². The highest BCUT2D eigenvalue weighted by molar-refractivity contribution is 5.99. The van der Waals surface area contributed by atoms with E-state index < -0.39 is 0 Å². The van der Waals surface area contributed by atoms with Crippen LogP contribution in [0.1, 0.15) is 28.7 Å². The number of pyridine rings is 1. The van der Waals surface area contributed by atoms with Gasteiger partial charge in [0.25, 0.3) is 5.91 Å². The van der Waals surface area contributed by atoms with Crippen molar-refractivity contribution in [2.45, 2.75) is 20.4 Å². The highest BCUT2D eigenvalue weighted by Crippen LogP contribution is 2.18. The Hall–Kier alpha value is -2.56.